The molecule has 2 aromatic heterocycles. The molecule has 0 aliphatic carbocycles. The van der Waals surface area contributed by atoms with Gasteiger partial charge in [0.1, 0.15) is 11.3 Å². The van der Waals surface area contributed by atoms with Crippen LogP contribution in [0, 0.1) is 0 Å². The first-order valence-electron chi connectivity index (χ1n) is 5.08. The fourth-order valence-electron chi connectivity index (χ4n) is 1.63. The van der Waals surface area contributed by atoms with Gasteiger partial charge in [0.15, 0.2) is 5.65 Å². The predicted octanol–water partition coefficient (Wildman–Crippen LogP) is -2.91. The molecule has 0 saturated heterocycles. The topological polar surface area (TPSA) is 156 Å². The molecule has 0 fully saturated rings. The molecule has 0 amide bonds. The fourth-order valence-corrected chi connectivity index (χ4v) is 1.63. The molecule has 2 rings (SSSR count). The van der Waals surface area contributed by atoms with Crippen LogP contribution < -0.4 is 22.7 Å². The zero-order valence-electron chi connectivity index (χ0n) is 10.1. The van der Waals surface area contributed by atoms with E-state index in [4.69, 9.17) is 11.5 Å². The Morgan fingerprint density at radius 3 is 2.50 bits per heavy atom. The molecular weight excluding hydrogens is 240 g/mol. The van der Waals surface area contributed by atoms with E-state index in [1.807, 2.05) is 0 Å². The third-order valence-corrected chi connectivity index (χ3v) is 2.72. The molecule has 9 nitrogen and oxygen atoms in total. The highest BCUT2D eigenvalue weighted by Gasteiger charge is 2.15. The molecule has 0 saturated carbocycles. The highest BCUT2D eigenvalue weighted by Crippen LogP contribution is 2.08. The largest absolute Gasteiger partial charge is 0.412 e. The van der Waals surface area contributed by atoms with Crippen molar-refractivity contribution < 1.29 is 5.48 Å². The average molecular weight is 256 g/mol. The highest BCUT2D eigenvalue weighted by molar-refractivity contribution is 5.69. The van der Waals surface area contributed by atoms with E-state index in [1.165, 1.54) is 11.6 Å². The molecule has 100 valence electrons. The molecule has 0 radical (unpaired) electrons. The monoisotopic (exact) mass is 256 g/mol. The average Bonchev–Trinajstić information content (AvgIpc) is 2.77. The number of aromatic nitrogens is 4. The number of aryl methyl sites for hydroxylation is 1. The van der Waals surface area contributed by atoms with Crippen LogP contribution in [0.4, 0.5) is 0 Å². The Morgan fingerprint density at radius 1 is 1.33 bits per heavy atom. The van der Waals surface area contributed by atoms with Crippen molar-refractivity contribution in [1.29, 1.82) is 0 Å². The van der Waals surface area contributed by atoms with Gasteiger partial charge in [-0.1, -0.05) is 0 Å². The third-order valence-electron chi connectivity index (χ3n) is 2.72. The van der Waals surface area contributed by atoms with Crippen molar-refractivity contribution in [1.82, 2.24) is 19.1 Å². The van der Waals surface area contributed by atoms with Gasteiger partial charge in [0.2, 0.25) is 0 Å². The number of imidazole rings is 1. The Kier molecular flexibility index (Phi) is 3.70. The van der Waals surface area contributed by atoms with E-state index in [1.54, 1.807) is 7.05 Å². The second-order valence-corrected chi connectivity index (χ2v) is 3.87. The van der Waals surface area contributed by atoms with Crippen LogP contribution in [0.15, 0.2) is 9.59 Å². The number of H-pyrrole nitrogens is 1. The van der Waals surface area contributed by atoms with Gasteiger partial charge >= 0.3 is 5.69 Å². The first-order valence-corrected chi connectivity index (χ1v) is 5.08. The maximum atomic E-state index is 11.8. The molecule has 9 heteroatoms. The van der Waals surface area contributed by atoms with Crippen molar-refractivity contribution in [2.24, 2.45) is 25.6 Å². The number of aromatic amines is 1. The van der Waals surface area contributed by atoms with Crippen LogP contribution >= 0.6 is 0 Å². The SMILES string of the molecule is Cn1c(=O)c2[nH]c(C(N)CN)nc2n(C)c1=O.O. The summed E-state index contributed by atoms with van der Waals surface area (Å²) in [6.45, 7) is 0.202. The van der Waals surface area contributed by atoms with E-state index in [-0.39, 0.29) is 23.2 Å². The lowest BCUT2D eigenvalue weighted by Gasteiger charge is -2.02. The molecule has 2 heterocycles. The van der Waals surface area contributed by atoms with Crippen LogP contribution in [0.25, 0.3) is 11.2 Å². The summed E-state index contributed by atoms with van der Waals surface area (Å²) in [4.78, 5) is 30.4. The minimum absolute atomic E-state index is 0. The molecule has 2 aromatic rings. The Morgan fingerprint density at radius 2 is 1.94 bits per heavy atom. The zero-order chi connectivity index (χ0) is 12.7. The van der Waals surface area contributed by atoms with Gasteiger partial charge in [-0.3, -0.25) is 13.9 Å². The first-order chi connectivity index (χ1) is 7.97. The van der Waals surface area contributed by atoms with Gasteiger partial charge in [-0.05, 0) is 0 Å². The number of fused-ring (bicyclic) bond motifs is 1. The lowest BCUT2D eigenvalue weighted by atomic mass is 10.3. The number of rotatable bonds is 2. The number of nitrogens with two attached hydrogens (primary N) is 2. The van der Waals surface area contributed by atoms with Crippen molar-refractivity contribution >= 4 is 11.2 Å². The molecule has 0 aromatic carbocycles. The molecule has 0 spiro atoms. The summed E-state index contributed by atoms with van der Waals surface area (Å²) in [7, 11) is 2.95. The molecule has 0 bridgehead atoms. The Hall–Kier alpha value is -1.97. The van der Waals surface area contributed by atoms with Crippen LogP contribution in [-0.4, -0.2) is 31.1 Å². The number of nitrogens with one attached hydrogen (secondary N) is 1. The lowest BCUT2D eigenvalue weighted by Crippen LogP contribution is -2.36. The Bertz CT molecular complexity index is 682. The van der Waals surface area contributed by atoms with Gasteiger partial charge in [-0.2, -0.15) is 0 Å². The first kappa shape index (κ1) is 14.1. The summed E-state index contributed by atoms with van der Waals surface area (Å²) in [5.41, 5.74) is 10.8. The normalized spacial score (nSPS) is 12.4. The number of hydrogen-bond acceptors (Lipinski definition) is 5. The molecule has 0 aliphatic rings. The van der Waals surface area contributed by atoms with E-state index < -0.39 is 17.3 Å². The van der Waals surface area contributed by atoms with Gasteiger partial charge in [-0.15, -0.1) is 0 Å². The smallest absolute Gasteiger partial charge is 0.332 e. The third kappa shape index (κ3) is 1.83. The van der Waals surface area contributed by atoms with Crippen LogP contribution in [0.3, 0.4) is 0 Å². The second-order valence-electron chi connectivity index (χ2n) is 3.87. The van der Waals surface area contributed by atoms with Crippen LogP contribution in [-0.2, 0) is 14.1 Å². The molecule has 0 aliphatic heterocycles. The van der Waals surface area contributed by atoms with Gasteiger partial charge in [0.25, 0.3) is 5.56 Å². The highest BCUT2D eigenvalue weighted by atomic mass is 16.2. The molecule has 7 N–H and O–H groups in total. The van der Waals surface area contributed by atoms with Crippen LogP contribution in [0.2, 0.25) is 0 Å². The molecular formula is C9H16N6O3. The summed E-state index contributed by atoms with van der Waals surface area (Å²) in [5.74, 6) is 0.404. The number of nitrogens with zero attached hydrogens (tertiary/aromatic N) is 3. The lowest BCUT2D eigenvalue weighted by molar-refractivity contribution is 0.691. The summed E-state index contributed by atoms with van der Waals surface area (Å²) in [5, 5.41) is 0. The fraction of sp³-hybridized carbons (Fsp3) is 0.444. The Labute approximate surface area is 101 Å². The predicted molar refractivity (Wildman–Crippen MR) is 66.2 cm³/mol. The molecule has 18 heavy (non-hydrogen) atoms. The van der Waals surface area contributed by atoms with E-state index in [0.717, 1.165) is 4.57 Å². The zero-order valence-corrected chi connectivity index (χ0v) is 10.1. The van der Waals surface area contributed by atoms with Crippen LogP contribution in [0.1, 0.15) is 11.9 Å². The van der Waals surface area contributed by atoms with Crippen molar-refractivity contribution in [3.8, 4) is 0 Å². The van der Waals surface area contributed by atoms with E-state index >= 15 is 0 Å². The quantitative estimate of drug-likeness (QED) is 0.525. The van der Waals surface area contributed by atoms with Gasteiger partial charge < -0.3 is 21.9 Å². The maximum Gasteiger partial charge on any atom is 0.332 e. The van der Waals surface area contributed by atoms with Crippen molar-refractivity contribution in [3.63, 3.8) is 0 Å². The van der Waals surface area contributed by atoms with E-state index in [0.29, 0.717) is 5.82 Å². The van der Waals surface area contributed by atoms with Crippen LogP contribution in [0.5, 0.6) is 0 Å². The van der Waals surface area contributed by atoms with Gasteiger partial charge in [0.05, 0.1) is 6.04 Å². The van der Waals surface area contributed by atoms with Crippen molar-refractivity contribution in [3.05, 3.63) is 26.7 Å². The summed E-state index contributed by atoms with van der Waals surface area (Å²) < 4.78 is 2.30. The maximum absolute atomic E-state index is 11.8. The summed E-state index contributed by atoms with van der Waals surface area (Å²) >= 11 is 0. The molecule has 1 unspecified atom stereocenters. The minimum Gasteiger partial charge on any atom is -0.412 e. The minimum atomic E-state index is -0.484. The summed E-state index contributed by atoms with van der Waals surface area (Å²) in [6.07, 6.45) is 0. The summed E-state index contributed by atoms with van der Waals surface area (Å²) in [6, 6.07) is -0.484. The second kappa shape index (κ2) is 4.72. The van der Waals surface area contributed by atoms with E-state index in [2.05, 4.69) is 9.97 Å². The van der Waals surface area contributed by atoms with Crippen molar-refractivity contribution in [2.75, 3.05) is 6.54 Å². The van der Waals surface area contributed by atoms with Crippen molar-refractivity contribution in [2.45, 2.75) is 6.04 Å². The molecule has 1 atom stereocenters. The number of hydrogen-bond donors (Lipinski definition) is 3. The van der Waals surface area contributed by atoms with Gasteiger partial charge in [-0.25, -0.2) is 9.78 Å². The van der Waals surface area contributed by atoms with E-state index in [9.17, 15) is 9.59 Å². The standard InChI is InChI=1S/C9H14N6O2.H2O/c1-14-7-5(8(16)15(2)9(14)17)12-6(13-7)4(11)3-10;/h4H,3,10-11H2,1-2H3,(H,12,13);1H2. The Balaban J connectivity index is 0.00000162. The van der Waals surface area contributed by atoms with Gasteiger partial charge in [0, 0.05) is 20.6 Å².